The summed E-state index contributed by atoms with van der Waals surface area (Å²) in [6.07, 6.45) is 3.46. The number of hydrogen-bond donors (Lipinski definition) is 2. The van der Waals surface area contributed by atoms with Crippen LogP contribution in [0.3, 0.4) is 0 Å². The number of pyridine rings is 2. The Bertz CT molecular complexity index is 498. The van der Waals surface area contributed by atoms with Crippen LogP contribution in [0.1, 0.15) is 22.9 Å². The lowest BCUT2D eigenvalue weighted by Gasteiger charge is -2.16. The molecule has 2 rings (SSSR count). The van der Waals surface area contributed by atoms with E-state index in [2.05, 4.69) is 15.4 Å². The summed E-state index contributed by atoms with van der Waals surface area (Å²) >= 11 is 5.86. The van der Waals surface area contributed by atoms with Crippen LogP contribution in [0.5, 0.6) is 0 Å². The maximum Gasteiger partial charge on any atom is 0.129 e. The van der Waals surface area contributed by atoms with Gasteiger partial charge in [0.25, 0.3) is 0 Å². The normalized spacial score (nSPS) is 12.4. The van der Waals surface area contributed by atoms with Gasteiger partial charge >= 0.3 is 0 Å². The third-order valence-corrected chi connectivity index (χ3v) is 2.72. The summed E-state index contributed by atoms with van der Waals surface area (Å²) in [6, 6.07) is 7.45. The molecule has 1 unspecified atom stereocenters. The SMILES string of the molecule is Cc1ccc(C(NN)c2ccnc(Cl)c2)cn1. The predicted molar refractivity (Wildman–Crippen MR) is 67.4 cm³/mol. The van der Waals surface area contributed by atoms with Gasteiger partial charge in [0.05, 0.1) is 6.04 Å². The molecule has 88 valence electrons. The van der Waals surface area contributed by atoms with Crippen LogP contribution in [-0.2, 0) is 0 Å². The van der Waals surface area contributed by atoms with Gasteiger partial charge in [0.2, 0.25) is 0 Å². The highest BCUT2D eigenvalue weighted by Gasteiger charge is 2.12. The zero-order valence-corrected chi connectivity index (χ0v) is 10.1. The van der Waals surface area contributed by atoms with Crippen molar-refractivity contribution in [3.8, 4) is 0 Å². The Kier molecular flexibility index (Phi) is 3.68. The number of aryl methyl sites for hydroxylation is 1. The molecule has 1 atom stereocenters. The van der Waals surface area contributed by atoms with Crippen molar-refractivity contribution < 1.29 is 0 Å². The van der Waals surface area contributed by atoms with Crippen LogP contribution < -0.4 is 11.3 Å². The monoisotopic (exact) mass is 248 g/mol. The molecule has 2 heterocycles. The van der Waals surface area contributed by atoms with E-state index in [1.54, 1.807) is 18.5 Å². The number of halogens is 1. The molecule has 0 radical (unpaired) electrons. The van der Waals surface area contributed by atoms with Gasteiger partial charge in [0.1, 0.15) is 5.15 Å². The first-order chi connectivity index (χ1) is 8.20. The van der Waals surface area contributed by atoms with Gasteiger partial charge in [0, 0.05) is 18.1 Å². The quantitative estimate of drug-likeness (QED) is 0.495. The Hall–Kier alpha value is -1.49. The fourth-order valence-electron chi connectivity index (χ4n) is 1.63. The van der Waals surface area contributed by atoms with Crippen molar-refractivity contribution in [2.45, 2.75) is 13.0 Å². The van der Waals surface area contributed by atoms with E-state index in [1.807, 2.05) is 25.1 Å². The van der Waals surface area contributed by atoms with Gasteiger partial charge in [0.15, 0.2) is 0 Å². The fraction of sp³-hybridized carbons (Fsp3) is 0.167. The molecule has 0 saturated heterocycles. The highest BCUT2D eigenvalue weighted by Crippen LogP contribution is 2.22. The standard InChI is InChI=1S/C12H13ClN4/c1-8-2-3-10(7-16-8)12(17-14)9-4-5-15-11(13)6-9/h2-7,12,17H,14H2,1H3. The van der Waals surface area contributed by atoms with Crippen molar-refractivity contribution in [2.75, 3.05) is 0 Å². The van der Waals surface area contributed by atoms with Gasteiger partial charge in [-0.15, -0.1) is 0 Å². The maximum atomic E-state index is 5.86. The second-order valence-corrected chi connectivity index (χ2v) is 4.13. The smallest absolute Gasteiger partial charge is 0.129 e. The second kappa shape index (κ2) is 5.23. The average molecular weight is 249 g/mol. The van der Waals surface area contributed by atoms with Gasteiger partial charge in [-0.3, -0.25) is 10.8 Å². The van der Waals surface area contributed by atoms with E-state index in [9.17, 15) is 0 Å². The number of nitrogens with one attached hydrogen (secondary N) is 1. The molecule has 2 aromatic heterocycles. The summed E-state index contributed by atoms with van der Waals surface area (Å²) < 4.78 is 0. The van der Waals surface area contributed by atoms with Crippen molar-refractivity contribution in [1.82, 2.24) is 15.4 Å². The number of hydrogen-bond acceptors (Lipinski definition) is 4. The molecule has 0 saturated carbocycles. The van der Waals surface area contributed by atoms with Crippen LogP contribution >= 0.6 is 11.6 Å². The van der Waals surface area contributed by atoms with E-state index >= 15 is 0 Å². The summed E-state index contributed by atoms with van der Waals surface area (Å²) in [5.41, 5.74) is 5.67. The first kappa shape index (κ1) is 12.0. The first-order valence-corrected chi connectivity index (χ1v) is 5.58. The molecule has 17 heavy (non-hydrogen) atoms. The molecule has 0 aromatic carbocycles. The maximum absolute atomic E-state index is 5.86. The van der Waals surface area contributed by atoms with Crippen LogP contribution in [0.2, 0.25) is 5.15 Å². The molecule has 5 heteroatoms. The summed E-state index contributed by atoms with van der Waals surface area (Å²) in [7, 11) is 0. The van der Waals surface area contributed by atoms with Crippen molar-refractivity contribution in [3.63, 3.8) is 0 Å². The summed E-state index contributed by atoms with van der Waals surface area (Å²) in [5, 5.41) is 0.447. The van der Waals surface area contributed by atoms with Crippen molar-refractivity contribution >= 4 is 11.6 Å². The molecule has 4 nitrogen and oxygen atoms in total. The van der Waals surface area contributed by atoms with Gasteiger partial charge in [-0.2, -0.15) is 0 Å². The van der Waals surface area contributed by atoms with Gasteiger partial charge in [-0.1, -0.05) is 17.7 Å². The van der Waals surface area contributed by atoms with Gasteiger partial charge in [-0.05, 0) is 36.2 Å². The van der Waals surface area contributed by atoms with Gasteiger partial charge in [-0.25, -0.2) is 10.4 Å². The molecular weight excluding hydrogens is 236 g/mol. The van der Waals surface area contributed by atoms with E-state index in [-0.39, 0.29) is 6.04 Å². The zero-order valence-electron chi connectivity index (χ0n) is 9.39. The predicted octanol–water partition coefficient (Wildman–Crippen LogP) is 1.99. The number of rotatable bonds is 3. The number of aromatic nitrogens is 2. The summed E-state index contributed by atoms with van der Waals surface area (Å²) in [5.74, 6) is 5.58. The molecule has 0 bridgehead atoms. The molecule has 0 aliphatic heterocycles. The molecule has 2 aromatic rings. The highest BCUT2D eigenvalue weighted by atomic mass is 35.5. The van der Waals surface area contributed by atoms with E-state index in [1.165, 1.54) is 0 Å². The molecule has 0 aliphatic carbocycles. The topological polar surface area (TPSA) is 63.8 Å². The third kappa shape index (κ3) is 2.79. The number of nitrogens with zero attached hydrogens (tertiary/aromatic N) is 2. The molecule has 0 aliphatic rings. The van der Waals surface area contributed by atoms with Gasteiger partial charge < -0.3 is 0 Å². The molecule has 3 N–H and O–H groups in total. The lowest BCUT2D eigenvalue weighted by molar-refractivity contribution is 0.633. The zero-order chi connectivity index (χ0) is 12.3. The average Bonchev–Trinajstić information content (AvgIpc) is 2.33. The Labute approximate surface area is 105 Å². The minimum Gasteiger partial charge on any atom is -0.271 e. The van der Waals surface area contributed by atoms with Crippen LogP contribution in [0.15, 0.2) is 36.7 Å². The largest absolute Gasteiger partial charge is 0.271 e. The third-order valence-electron chi connectivity index (χ3n) is 2.52. The van der Waals surface area contributed by atoms with E-state index in [4.69, 9.17) is 17.4 Å². The summed E-state index contributed by atoms with van der Waals surface area (Å²) in [6.45, 7) is 1.94. The van der Waals surface area contributed by atoms with Crippen LogP contribution in [0, 0.1) is 6.92 Å². The second-order valence-electron chi connectivity index (χ2n) is 3.74. The highest BCUT2D eigenvalue weighted by molar-refractivity contribution is 6.29. The minimum absolute atomic E-state index is 0.136. The molecular formula is C12H13ClN4. The van der Waals surface area contributed by atoms with E-state index < -0.39 is 0 Å². The number of hydrazine groups is 1. The Balaban J connectivity index is 2.36. The summed E-state index contributed by atoms with van der Waals surface area (Å²) in [4.78, 5) is 8.20. The van der Waals surface area contributed by atoms with E-state index in [0.717, 1.165) is 16.8 Å². The van der Waals surface area contributed by atoms with E-state index in [0.29, 0.717) is 5.15 Å². The lowest BCUT2D eigenvalue weighted by atomic mass is 10.0. The first-order valence-electron chi connectivity index (χ1n) is 5.21. The number of nitrogens with two attached hydrogens (primary N) is 1. The Morgan fingerprint density at radius 1 is 1.24 bits per heavy atom. The molecule has 0 fully saturated rings. The Morgan fingerprint density at radius 2 is 2.06 bits per heavy atom. The lowest BCUT2D eigenvalue weighted by Crippen LogP contribution is -2.29. The van der Waals surface area contributed by atoms with Crippen LogP contribution in [0.25, 0.3) is 0 Å². The van der Waals surface area contributed by atoms with Crippen LogP contribution in [0.4, 0.5) is 0 Å². The molecule has 0 amide bonds. The van der Waals surface area contributed by atoms with Crippen molar-refractivity contribution in [2.24, 2.45) is 5.84 Å². The molecule has 0 spiro atoms. The van der Waals surface area contributed by atoms with Crippen molar-refractivity contribution in [3.05, 3.63) is 58.6 Å². The Morgan fingerprint density at radius 3 is 2.65 bits per heavy atom. The van der Waals surface area contributed by atoms with Crippen LogP contribution in [-0.4, -0.2) is 9.97 Å². The fourth-order valence-corrected chi connectivity index (χ4v) is 1.81. The van der Waals surface area contributed by atoms with Crippen molar-refractivity contribution in [1.29, 1.82) is 0 Å². The minimum atomic E-state index is -0.136.